The van der Waals surface area contributed by atoms with Gasteiger partial charge in [-0.2, -0.15) is 0 Å². The summed E-state index contributed by atoms with van der Waals surface area (Å²) >= 11 is 14.9. The predicted molar refractivity (Wildman–Crippen MR) is 110 cm³/mol. The molecule has 1 heterocycles. The fraction of sp³-hybridized carbons (Fsp3) is 0.111. The van der Waals surface area contributed by atoms with Crippen LogP contribution < -0.4 is 10.1 Å². The van der Waals surface area contributed by atoms with Crippen LogP contribution in [0.4, 0.5) is 5.13 Å². The van der Waals surface area contributed by atoms with Crippen LogP contribution in [0, 0.1) is 0 Å². The first-order valence-corrected chi connectivity index (χ1v) is 10.1. The summed E-state index contributed by atoms with van der Waals surface area (Å²) in [7, 11) is 1.62. The minimum absolute atomic E-state index is 0.117. The van der Waals surface area contributed by atoms with Gasteiger partial charge in [0.05, 0.1) is 23.6 Å². The SMILES string of the molecule is COc1ccc(SCC(=O)Nc2nc(-c3ccc(Cl)cc3Cl)cs2)cc1. The van der Waals surface area contributed by atoms with Gasteiger partial charge in [0.1, 0.15) is 5.75 Å². The van der Waals surface area contributed by atoms with E-state index in [1.54, 1.807) is 19.2 Å². The van der Waals surface area contributed by atoms with Crippen molar-refractivity contribution in [1.29, 1.82) is 0 Å². The smallest absolute Gasteiger partial charge is 0.236 e. The molecule has 0 bridgehead atoms. The summed E-state index contributed by atoms with van der Waals surface area (Å²) in [4.78, 5) is 17.5. The molecule has 0 atom stereocenters. The summed E-state index contributed by atoms with van der Waals surface area (Å²) < 4.78 is 5.12. The third-order valence-electron chi connectivity index (χ3n) is 3.39. The lowest BCUT2D eigenvalue weighted by atomic mass is 10.2. The third kappa shape index (κ3) is 4.92. The summed E-state index contributed by atoms with van der Waals surface area (Å²) in [5.41, 5.74) is 1.48. The highest BCUT2D eigenvalue weighted by atomic mass is 35.5. The molecule has 0 saturated carbocycles. The van der Waals surface area contributed by atoms with Gasteiger partial charge < -0.3 is 10.1 Å². The molecule has 0 aliphatic heterocycles. The van der Waals surface area contributed by atoms with Crippen LogP contribution in [0.5, 0.6) is 5.75 Å². The van der Waals surface area contributed by atoms with Gasteiger partial charge in [-0.25, -0.2) is 4.98 Å². The maximum Gasteiger partial charge on any atom is 0.236 e. The number of methoxy groups -OCH3 is 1. The Hall–Kier alpha value is -1.73. The van der Waals surface area contributed by atoms with Crippen molar-refractivity contribution in [2.75, 3.05) is 18.2 Å². The van der Waals surface area contributed by atoms with Gasteiger partial charge in [0.2, 0.25) is 5.91 Å². The zero-order valence-electron chi connectivity index (χ0n) is 13.7. The number of halogens is 2. The maximum absolute atomic E-state index is 12.1. The molecule has 0 unspecified atom stereocenters. The molecule has 3 aromatic rings. The number of amides is 1. The number of benzene rings is 2. The number of ether oxygens (including phenoxy) is 1. The molecule has 0 fully saturated rings. The predicted octanol–water partition coefficient (Wildman–Crippen LogP) is 5.86. The van der Waals surface area contributed by atoms with E-state index in [-0.39, 0.29) is 5.91 Å². The number of carbonyl (C=O) groups excluding carboxylic acids is 1. The van der Waals surface area contributed by atoms with Gasteiger partial charge in [0.25, 0.3) is 0 Å². The van der Waals surface area contributed by atoms with Gasteiger partial charge in [-0.1, -0.05) is 23.2 Å². The van der Waals surface area contributed by atoms with Gasteiger partial charge in [0.15, 0.2) is 5.13 Å². The molecule has 8 heteroatoms. The molecule has 0 aliphatic rings. The largest absolute Gasteiger partial charge is 0.497 e. The molecule has 4 nitrogen and oxygen atoms in total. The number of carbonyl (C=O) groups is 1. The van der Waals surface area contributed by atoms with E-state index in [9.17, 15) is 4.79 Å². The van der Waals surface area contributed by atoms with Gasteiger partial charge in [-0.3, -0.25) is 4.79 Å². The van der Waals surface area contributed by atoms with E-state index in [2.05, 4.69) is 10.3 Å². The molecule has 0 saturated heterocycles. The van der Waals surface area contributed by atoms with Gasteiger partial charge >= 0.3 is 0 Å². The molecule has 26 heavy (non-hydrogen) atoms. The number of rotatable bonds is 6. The quantitative estimate of drug-likeness (QED) is 0.503. The maximum atomic E-state index is 12.1. The number of nitrogens with zero attached hydrogens (tertiary/aromatic N) is 1. The zero-order chi connectivity index (χ0) is 18.5. The Bertz CT molecular complexity index is 914. The summed E-state index contributed by atoms with van der Waals surface area (Å²) in [6.07, 6.45) is 0. The van der Waals surface area contributed by atoms with Crippen LogP contribution in [0.1, 0.15) is 0 Å². The molecule has 1 N–H and O–H groups in total. The van der Waals surface area contributed by atoms with Crippen LogP contribution in [-0.2, 0) is 4.79 Å². The van der Waals surface area contributed by atoms with Crippen LogP contribution in [0.25, 0.3) is 11.3 Å². The van der Waals surface area contributed by atoms with Gasteiger partial charge in [0, 0.05) is 20.9 Å². The minimum atomic E-state index is -0.117. The average Bonchev–Trinajstić information content (AvgIpc) is 3.08. The number of anilines is 1. The Kier molecular flexibility index (Phi) is 6.43. The first-order valence-electron chi connectivity index (χ1n) is 7.53. The number of aromatic nitrogens is 1. The van der Waals surface area contributed by atoms with E-state index < -0.39 is 0 Å². The Morgan fingerprint density at radius 2 is 2.00 bits per heavy atom. The van der Waals surface area contributed by atoms with Crippen molar-refractivity contribution < 1.29 is 9.53 Å². The van der Waals surface area contributed by atoms with Crippen molar-refractivity contribution >= 4 is 57.3 Å². The van der Waals surface area contributed by atoms with Crippen LogP contribution >= 0.6 is 46.3 Å². The van der Waals surface area contributed by atoms with E-state index >= 15 is 0 Å². The van der Waals surface area contributed by atoms with Crippen LogP contribution in [-0.4, -0.2) is 23.8 Å². The molecule has 134 valence electrons. The lowest BCUT2D eigenvalue weighted by Crippen LogP contribution is -2.13. The van der Waals surface area contributed by atoms with E-state index in [1.165, 1.54) is 23.1 Å². The molecule has 0 spiro atoms. The third-order valence-corrected chi connectivity index (χ3v) is 5.70. The second-order valence-electron chi connectivity index (χ2n) is 5.17. The summed E-state index contributed by atoms with van der Waals surface area (Å²) in [6.45, 7) is 0. The molecule has 2 aromatic carbocycles. The highest BCUT2D eigenvalue weighted by Gasteiger charge is 2.11. The van der Waals surface area contributed by atoms with E-state index in [1.807, 2.05) is 35.7 Å². The molecule has 0 radical (unpaired) electrons. The average molecular weight is 425 g/mol. The van der Waals surface area contributed by atoms with Crippen LogP contribution in [0.15, 0.2) is 52.7 Å². The van der Waals surface area contributed by atoms with Gasteiger partial charge in [-0.15, -0.1) is 23.1 Å². The molecule has 1 aromatic heterocycles. The molecule has 1 amide bonds. The zero-order valence-corrected chi connectivity index (χ0v) is 16.8. The fourth-order valence-electron chi connectivity index (χ4n) is 2.13. The van der Waals surface area contributed by atoms with E-state index in [0.29, 0.717) is 26.6 Å². The number of thiazole rings is 1. The summed E-state index contributed by atoms with van der Waals surface area (Å²) in [5.74, 6) is 0.965. The summed E-state index contributed by atoms with van der Waals surface area (Å²) in [5, 5.41) is 6.28. The Balaban J connectivity index is 1.58. The van der Waals surface area contributed by atoms with Gasteiger partial charge in [-0.05, 0) is 42.5 Å². The lowest BCUT2D eigenvalue weighted by Gasteiger charge is -2.04. The lowest BCUT2D eigenvalue weighted by molar-refractivity contribution is -0.113. The minimum Gasteiger partial charge on any atom is -0.497 e. The van der Waals surface area contributed by atoms with Crippen LogP contribution in [0.2, 0.25) is 10.0 Å². The molecule has 0 aliphatic carbocycles. The number of hydrogen-bond donors (Lipinski definition) is 1. The first-order chi connectivity index (χ1) is 12.5. The Morgan fingerprint density at radius 1 is 1.23 bits per heavy atom. The molecular weight excluding hydrogens is 411 g/mol. The summed E-state index contributed by atoms with van der Waals surface area (Å²) in [6, 6.07) is 12.8. The van der Waals surface area contributed by atoms with Crippen molar-refractivity contribution in [1.82, 2.24) is 4.98 Å². The topological polar surface area (TPSA) is 51.2 Å². The molecule has 3 rings (SSSR count). The highest BCUT2D eigenvalue weighted by Crippen LogP contribution is 2.32. The first kappa shape index (κ1) is 19.0. The van der Waals surface area contributed by atoms with Crippen LogP contribution in [0.3, 0.4) is 0 Å². The number of nitrogens with one attached hydrogen (secondary N) is 1. The number of hydrogen-bond acceptors (Lipinski definition) is 5. The van der Waals surface area contributed by atoms with E-state index in [4.69, 9.17) is 27.9 Å². The second-order valence-corrected chi connectivity index (χ2v) is 7.92. The Labute approximate surface area is 169 Å². The standard InChI is InChI=1S/C18H14Cl2N2O2S2/c1-24-12-3-5-13(6-4-12)25-10-17(23)22-18-21-16(9-26-18)14-7-2-11(19)8-15(14)20/h2-9H,10H2,1H3,(H,21,22,23). The van der Waals surface area contributed by atoms with Crippen molar-refractivity contribution in [3.8, 4) is 17.0 Å². The van der Waals surface area contributed by atoms with E-state index in [0.717, 1.165) is 16.2 Å². The molecular formula is C18H14Cl2N2O2S2. The van der Waals surface area contributed by atoms with Crippen molar-refractivity contribution in [3.05, 3.63) is 57.9 Å². The monoisotopic (exact) mass is 424 g/mol. The van der Waals surface area contributed by atoms with Crippen molar-refractivity contribution in [2.24, 2.45) is 0 Å². The van der Waals surface area contributed by atoms with Crippen molar-refractivity contribution in [3.63, 3.8) is 0 Å². The normalized spacial score (nSPS) is 10.6. The highest BCUT2D eigenvalue weighted by molar-refractivity contribution is 8.00. The van der Waals surface area contributed by atoms with Crippen molar-refractivity contribution in [2.45, 2.75) is 4.90 Å². The number of thioether (sulfide) groups is 1. The fourth-order valence-corrected chi connectivity index (χ4v) is 4.06. The Morgan fingerprint density at radius 3 is 2.69 bits per heavy atom. The second kappa shape index (κ2) is 8.77.